The van der Waals surface area contributed by atoms with Gasteiger partial charge >= 0.3 is 6.18 Å². The summed E-state index contributed by atoms with van der Waals surface area (Å²) in [5, 5.41) is 8.67. The molecule has 0 aliphatic heterocycles. The first-order valence-corrected chi connectivity index (χ1v) is 6.62. The Balaban J connectivity index is 2.54. The van der Waals surface area contributed by atoms with Crippen LogP contribution in [0.1, 0.15) is 39.0 Å². The van der Waals surface area contributed by atoms with Gasteiger partial charge in [-0.05, 0) is 32.1 Å². The van der Waals surface area contributed by atoms with E-state index in [4.69, 9.17) is 5.26 Å². The van der Waals surface area contributed by atoms with Crippen LogP contribution in [-0.4, -0.2) is 30.1 Å². The number of alkyl halides is 3. The molecule has 3 nitrogen and oxygen atoms in total. The highest BCUT2D eigenvalue weighted by Crippen LogP contribution is 2.39. The van der Waals surface area contributed by atoms with E-state index in [9.17, 15) is 18.0 Å². The standard InChI is InChI=1S/C13H19F3N2O/c1-2-8-18(9-7-17)12(19)10-3-5-11(6-4-10)13(14,15)16/h10-11H,2-6,8-9H2,1H3. The van der Waals surface area contributed by atoms with Gasteiger partial charge < -0.3 is 4.90 Å². The summed E-state index contributed by atoms with van der Waals surface area (Å²) in [7, 11) is 0. The van der Waals surface area contributed by atoms with Crippen molar-refractivity contribution >= 4 is 5.91 Å². The third kappa shape index (κ3) is 4.41. The molecular weight excluding hydrogens is 257 g/mol. The van der Waals surface area contributed by atoms with Gasteiger partial charge in [0, 0.05) is 12.5 Å². The summed E-state index contributed by atoms with van der Waals surface area (Å²) in [6, 6.07) is 1.93. The molecule has 0 aromatic heterocycles. The molecule has 0 heterocycles. The van der Waals surface area contributed by atoms with E-state index in [1.807, 2.05) is 13.0 Å². The SMILES string of the molecule is CCCN(CC#N)C(=O)C1CCC(C(F)(F)F)CC1. The summed E-state index contributed by atoms with van der Waals surface area (Å²) in [6.07, 6.45) is -2.82. The van der Waals surface area contributed by atoms with Crippen LogP contribution in [0.4, 0.5) is 13.2 Å². The summed E-state index contributed by atoms with van der Waals surface area (Å²) < 4.78 is 37.6. The van der Waals surface area contributed by atoms with Gasteiger partial charge in [0.15, 0.2) is 0 Å². The average Bonchev–Trinajstić information content (AvgIpc) is 2.37. The van der Waals surface area contributed by atoms with Crippen molar-refractivity contribution in [2.24, 2.45) is 11.8 Å². The predicted octanol–water partition coefficient (Wildman–Crippen LogP) is 3.12. The van der Waals surface area contributed by atoms with Gasteiger partial charge in [0.25, 0.3) is 0 Å². The topological polar surface area (TPSA) is 44.1 Å². The zero-order valence-electron chi connectivity index (χ0n) is 11.0. The van der Waals surface area contributed by atoms with Crippen molar-refractivity contribution in [3.63, 3.8) is 0 Å². The van der Waals surface area contributed by atoms with Gasteiger partial charge in [-0.1, -0.05) is 6.92 Å². The first-order valence-electron chi connectivity index (χ1n) is 6.62. The Labute approximate surface area is 111 Å². The van der Waals surface area contributed by atoms with E-state index in [0.717, 1.165) is 6.42 Å². The van der Waals surface area contributed by atoms with Gasteiger partial charge in [-0.2, -0.15) is 18.4 Å². The van der Waals surface area contributed by atoms with Gasteiger partial charge in [0.1, 0.15) is 6.54 Å². The highest BCUT2D eigenvalue weighted by Gasteiger charge is 2.42. The van der Waals surface area contributed by atoms with Crippen LogP contribution in [0, 0.1) is 23.2 Å². The Bertz CT molecular complexity index is 341. The molecule has 1 amide bonds. The number of carbonyl (C=O) groups excluding carboxylic acids is 1. The maximum atomic E-state index is 12.5. The molecule has 0 saturated heterocycles. The number of nitriles is 1. The summed E-state index contributed by atoms with van der Waals surface area (Å²) >= 11 is 0. The van der Waals surface area contributed by atoms with Crippen molar-refractivity contribution in [1.82, 2.24) is 4.90 Å². The van der Waals surface area contributed by atoms with E-state index in [0.29, 0.717) is 6.54 Å². The third-order valence-electron chi connectivity index (χ3n) is 3.61. The number of rotatable bonds is 4. The molecule has 0 spiro atoms. The second-order valence-electron chi connectivity index (χ2n) is 5.01. The fourth-order valence-electron chi connectivity index (χ4n) is 2.55. The Morgan fingerprint density at radius 1 is 1.32 bits per heavy atom. The molecule has 108 valence electrons. The average molecular weight is 276 g/mol. The molecule has 0 aromatic rings. The van der Waals surface area contributed by atoms with Crippen LogP contribution < -0.4 is 0 Å². The zero-order chi connectivity index (χ0) is 14.5. The van der Waals surface area contributed by atoms with Gasteiger partial charge in [-0.3, -0.25) is 4.79 Å². The van der Waals surface area contributed by atoms with Gasteiger partial charge in [-0.25, -0.2) is 0 Å². The number of hydrogen-bond donors (Lipinski definition) is 0. The second-order valence-corrected chi connectivity index (χ2v) is 5.01. The number of carbonyl (C=O) groups is 1. The van der Waals surface area contributed by atoms with E-state index < -0.39 is 12.1 Å². The van der Waals surface area contributed by atoms with E-state index >= 15 is 0 Å². The maximum absolute atomic E-state index is 12.5. The molecule has 0 aromatic carbocycles. The van der Waals surface area contributed by atoms with Crippen molar-refractivity contribution in [3.05, 3.63) is 0 Å². The summed E-state index contributed by atoms with van der Waals surface area (Å²) in [5.74, 6) is -1.78. The molecule has 1 rings (SSSR count). The second kappa shape index (κ2) is 6.78. The first-order chi connectivity index (χ1) is 8.90. The monoisotopic (exact) mass is 276 g/mol. The highest BCUT2D eigenvalue weighted by molar-refractivity contribution is 5.79. The van der Waals surface area contributed by atoms with Gasteiger partial charge in [-0.15, -0.1) is 0 Å². The lowest BCUT2D eigenvalue weighted by Gasteiger charge is -2.32. The van der Waals surface area contributed by atoms with Crippen molar-refractivity contribution in [2.45, 2.75) is 45.2 Å². The van der Waals surface area contributed by atoms with Gasteiger partial charge in [0.05, 0.1) is 12.0 Å². The predicted molar refractivity (Wildman–Crippen MR) is 64.0 cm³/mol. The van der Waals surface area contributed by atoms with Crippen LogP contribution in [0.3, 0.4) is 0 Å². The Hall–Kier alpha value is -1.25. The number of hydrogen-bond acceptors (Lipinski definition) is 2. The normalized spacial score (nSPS) is 23.7. The first kappa shape index (κ1) is 15.8. The van der Waals surface area contributed by atoms with E-state index in [-0.39, 0.29) is 44.1 Å². The van der Waals surface area contributed by atoms with Crippen molar-refractivity contribution < 1.29 is 18.0 Å². The largest absolute Gasteiger partial charge is 0.391 e. The fourth-order valence-corrected chi connectivity index (χ4v) is 2.55. The quantitative estimate of drug-likeness (QED) is 0.740. The van der Waals surface area contributed by atoms with Crippen LogP contribution in [0.2, 0.25) is 0 Å². The van der Waals surface area contributed by atoms with Crippen LogP contribution >= 0.6 is 0 Å². The zero-order valence-corrected chi connectivity index (χ0v) is 11.0. The molecule has 0 N–H and O–H groups in total. The third-order valence-corrected chi connectivity index (χ3v) is 3.61. The van der Waals surface area contributed by atoms with E-state index in [1.165, 1.54) is 4.90 Å². The molecule has 1 saturated carbocycles. The Morgan fingerprint density at radius 3 is 2.32 bits per heavy atom. The summed E-state index contributed by atoms with van der Waals surface area (Å²) in [5.41, 5.74) is 0. The molecule has 0 radical (unpaired) electrons. The Morgan fingerprint density at radius 2 is 1.89 bits per heavy atom. The fraction of sp³-hybridized carbons (Fsp3) is 0.846. The lowest BCUT2D eigenvalue weighted by atomic mass is 9.81. The number of halogens is 3. The highest BCUT2D eigenvalue weighted by atomic mass is 19.4. The molecule has 1 aliphatic rings. The summed E-state index contributed by atoms with van der Waals surface area (Å²) in [6.45, 7) is 2.41. The molecule has 1 fully saturated rings. The van der Waals surface area contributed by atoms with Crippen molar-refractivity contribution in [1.29, 1.82) is 5.26 Å². The lowest BCUT2D eigenvalue weighted by Crippen LogP contribution is -2.39. The Kier molecular flexibility index (Phi) is 5.64. The van der Waals surface area contributed by atoms with Crippen LogP contribution in [0.15, 0.2) is 0 Å². The minimum absolute atomic E-state index is 0.0197. The lowest BCUT2D eigenvalue weighted by molar-refractivity contribution is -0.185. The maximum Gasteiger partial charge on any atom is 0.391 e. The van der Waals surface area contributed by atoms with Crippen LogP contribution in [0.5, 0.6) is 0 Å². The molecule has 0 bridgehead atoms. The van der Waals surface area contributed by atoms with Gasteiger partial charge in [0.2, 0.25) is 5.91 Å². The number of nitrogens with zero attached hydrogens (tertiary/aromatic N) is 2. The molecule has 6 heteroatoms. The van der Waals surface area contributed by atoms with Crippen molar-refractivity contribution in [3.8, 4) is 6.07 Å². The molecule has 0 atom stereocenters. The molecule has 1 aliphatic carbocycles. The summed E-state index contributed by atoms with van der Waals surface area (Å²) in [4.78, 5) is 13.6. The molecule has 19 heavy (non-hydrogen) atoms. The minimum atomic E-state index is -4.15. The number of amides is 1. The molecule has 0 unspecified atom stereocenters. The van der Waals surface area contributed by atoms with E-state index in [2.05, 4.69) is 0 Å². The van der Waals surface area contributed by atoms with Crippen molar-refractivity contribution in [2.75, 3.05) is 13.1 Å². The molecular formula is C13H19F3N2O. The minimum Gasteiger partial charge on any atom is -0.329 e. The van der Waals surface area contributed by atoms with E-state index in [1.54, 1.807) is 0 Å². The van der Waals surface area contributed by atoms with Crippen LogP contribution in [0.25, 0.3) is 0 Å². The smallest absolute Gasteiger partial charge is 0.329 e. The van der Waals surface area contributed by atoms with Crippen LogP contribution in [-0.2, 0) is 4.79 Å².